The van der Waals surface area contributed by atoms with Crippen molar-refractivity contribution in [1.82, 2.24) is 0 Å². The SMILES string of the molecule is CCCCCCCCCCCCCCCc1ccccc1OCC1(C)CO1. The van der Waals surface area contributed by atoms with E-state index in [2.05, 4.69) is 38.1 Å². The molecule has 0 aliphatic carbocycles. The van der Waals surface area contributed by atoms with Crippen LogP contribution in [0, 0.1) is 0 Å². The first-order valence-corrected chi connectivity index (χ1v) is 11.6. The van der Waals surface area contributed by atoms with E-state index >= 15 is 0 Å². The molecule has 1 aliphatic heterocycles. The van der Waals surface area contributed by atoms with Gasteiger partial charge in [0.2, 0.25) is 0 Å². The fourth-order valence-electron chi connectivity index (χ4n) is 3.62. The van der Waals surface area contributed by atoms with E-state index < -0.39 is 0 Å². The van der Waals surface area contributed by atoms with E-state index in [9.17, 15) is 0 Å². The van der Waals surface area contributed by atoms with Crippen LogP contribution in [0.1, 0.15) is 103 Å². The van der Waals surface area contributed by atoms with Crippen LogP contribution in [0.4, 0.5) is 0 Å². The molecule has 2 nitrogen and oxygen atoms in total. The van der Waals surface area contributed by atoms with E-state index in [0.29, 0.717) is 6.61 Å². The van der Waals surface area contributed by atoms with Crippen LogP contribution in [0.2, 0.25) is 0 Å². The van der Waals surface area contributed by atoms with Gasteiger partial charge in [0.25, 0.3) is 0 Å². The van der Waals surface area contributed by atoms with Gasteiger partial charge in [-0.25, -0.2) is 0 Å². The lowest BCUT2D eigenvalue weighted by atomic mass is 10.0. The second-order valence-corrected chi connectivity index (χ2v) is 8.63. The Kier molecular flexibility index (Phi) is 10.9. The third-order valence-corrected chi connectivity index (χ3v) is 5.69. The summed E-state index contributed by atoms with van der Waals surface area (Å²) in [5.41, 5.74) is 1.31. The molecule has 0 aromatic heterocycles. The quantitative estimate of drug-likeness (QED) is 0.208. The number of para-hydroxylation sites is 1. The van der Waals surface area contributed by atoms with E-state index in [4.69, 9.17) is 9.47 Å². The molecule has 0 N–H and O–H groups in total. The molecule has 1 aromatic rings. The minimum Gasteiger partial charge on any atom is -0.490 e. The number of hydrogen-bond donors (Lipinski definition) is 0. The van der Waals surface area contributed by atoms with Gasteiger partial charge in [0.1, 0.15) is 18.0 Å². The normalized spacial score (nSPS) is 18.6. The summed E-state index contributed by atoms with van der Waals surface area (Å²) < 4.78 is 11.4. The zero-order chi connectivity index (χ0) is 19.2. The first-order valence-electron chi connectivity index (χ1n) is 11.6. The summed E-state index contributed by atoms with van der Waals surface area (Å²) in [7, 11) is 0. The topological polar surface area (TPSA) is 21.8 Å². The Bertz CT molecular complexity index is 493. The molecule has 1 unspecified atom stereocenters. The Morgan fingerprint density at radius 3 is 1.89 bits per heavy atom. The maximum atomic E-state index is 6.00. The Hall–Kier alpha value is -1.02. The summed E-state index contributed by atoms with van der Waals surface area (Å²) >= 11 is 0. The molecule has 1 aromatic carbocycles. The largest absolute Gasteiger partial charge is 0.490 e. The second-order valence-electron chi connectivity index (χ2n) is 8.63. The maximum absolute atomic E-state index is 6.00. The average molecular weight is 375 g/mol. The molecule has 0 bridgehead atoms. The van der Waals surface area contributed by atoms with Crippen molar-refractivity contribution in [3.8, 4) is 5.75 Å². The lowest BCUT2D eigenvalue weighted by Gasteiger charge is -2.13. The van der Waals surface area contributed by atoms with Crippen LogP contribution in [0.5, 0.6) is 5.75 Å². The Labute approximate surface area is 168 Å². The average Bonchev–Trinajstić information content (AvgIpc) is 3.42. The van der Waals surface area contributed by atoms with E-state index in [1.807, 2.05) is 0 Å². The van der Waals surface area contributed by atoms with Crippen molar-refractivity contribution in [2.75, 3.05) is 13.2 Å². The van der Waals surface area contributed by atoms with Gasteiger partial charge in [0, 0.05) is 0 Å². The molecule has 0 radical (unpaired) electrons. The van der Waals surface area contributed by atoms with Gasteiger partial charge in [-0.1, -0.05) is 102 Å². The van der Waals surface area contributed by atoms with Crippen molar-refractivity contribution in [3.05, 3.63) is 29.8 Å². The zero-order valence-corrected chi connectivity index (χ0v) is 17.9. The number of benzene rings is 1. The summed E-state index contributed by atoms with van der Waals surface area (Å²) in [6.07, 6.45) is 19.4. The third kappa shape index (κ3) is 10.2. The van der Waals surface area contributed by atoms with Crippen LogP contribution in [0.3, 0.4) is 0 Å². The van der Waals surface area contributed by atoms with Crippen molar-refractivity contribution >= 4 is 0 Å². The van der Waals surface area contributed by atoms with Gasteiger partial charge in [-0.15, -0.1) is 0 Å². The number of rotatable bonds is 17. The van der Waals surface area contributed by atoms with Gasteiger partial charge in [-0.05, 0) is 31.4 Å². The van der Waals surface area contributed by atoms with Crippen molar-refractivity contribution in [1.29, 1.82) is 0 Å². The first-order chi connectivity index (χ1) is 13.2. The number of ether oxygens (including phenoxy) is 2. The fourth-order valence-corrected chi connectivity index (χ4v) is 3.62. The number of hydrogen-bond acceptors (Lipinski definition) is 2. The fraction of sp³-hybridized carbons (Fsp3) is 0.760. The minimum atomic E-state index is -0.0391. The molecule has 0 spiro atoms. The van der Waals surface area contributed by atoms with Gasteiger partial charge < -0.3 is 9.47 Å². The predicted octanol–water partition coefficient (Wildman–Crippen LogP) is 7.49. The molecular formula is C25H42O2. The lowest BCUT2D eigenvalue weighted by Crippen LogP contribution is -2.17. The molecule has 154 valence electrons. The Morgan fingerprint density at radius 1 is 0.815 bits per heavy atom. The number of epoxide rings is 1. The highest BCUT2D eigenvalue weighted by Gasteiger charge is 2.40. The summed E-state index contributed by atoms with van der Waals surface area (Å²) in [5, 5.41) is 0. The molecule has 27 heavy (non-hydrogen) atoms. The lowest BCUT2D eigenvalue weighted by molar-refractivity contribution is 0.201. The molecule has 1 atom stereocenters. The van der Waals surface area contributed by atoms with Gasteiger partial charge >= 0.3 is 0 Å². The van der Waals surface area contributed by atoms with E-state index in [-0.39, 0.29) is 5.60 Å². The highest BCUT2D eigenvalue weighted by Crippen LogP contribution is 2.28. The Balaban J connectivity index is 1.44. The van der Waals surface area contributed by atoms with Crippen molar-refractivity contribution < 1.29 is 9.47 Å². The monoisotopic (exact) mass is 374 g/mol. The van der Waals surface area contributed by atoms with Crippen LogP contribution in [-0.2, 0) is 11.2 Å². The predicted molar refractivity (Wildman–Crippen MR) is 116 cm³/mol. The molecule has 1 aliphatic rings. The van der Waals surface area contributed by atoms with E-state index in [1.54, 1.807) is 0 Å². The molecule has 0 amide bonds. The van der Waals surface area contributed by atoms with Crippen molar-refractivity contribution in [2.45, 2.75) is 109 Å². The second kappa shape index (κ2) is 13.2. The molecule has 2 rings (SSSR count). The molecular weight excluding hydrogens is 332 g/mol. The number of unbranched alkanes of at least 4 members (excludes halogenated alkanes) is 12. The van der Waals surface area contributed by atoms with Crippen LogP contribution in [0.25, 0.3) is 0 Å². The van der Waals surface area contributed by atoms with E-state index in [0.717, 1.165) is 18.8 Å². The summed E-state index contributed by atoms with van der Waals surface area (Å²) in [6, 6.07) is 8.51. The van der Waals surface area contributed by atoms with E-state index in [1.165, 1.54) is 89.0 Å². The highest BCUT2D eigenvalue weighted by molar-refractivity contribution is 5.33. The number of aryl methyl sites for hydroxylation is 1. The molecule has 1 heterocycles. The summed E-state index contributed by atoms with van der Waals surface area (Å²) in [6.45, 7) is 5.90. The van der Waals surface area contributed by atoms with Gasteiger partial charge in [-0.2, -0.15) is 0 Å². The Morgan fingerprint density at radius 2 is 1.33 bits per heavy atom. The maximum Gasteiger partial charge on any atom is 0.123 e. The van der Waals surface area contributed by atoms with Gasteiger partial charge in [0.05, 0.1) is 6.61 Å². The highest BCUT2D eigenvalue weighted by atomic mass is 16.6. The molecule has 0 saturated carbocycles. The smallest absolute Gasteiger partial charge is 0.123 e. The third-order valence-electron chi connectivity index (χ3n) is 5.69. The minimum absolute atomic E-state index is 0.0391. The van der Waals surface area contributed by atoms with Crippen LogP contribution >= 0.6 is 0 Å². The van der Waals surface area contributed by atoms with Crippen molar-refractivity contribution in [2.24, 2.45) is 0 Å². The molecule has 2 heteroatoms. The van der Waals surface area contributed by atoms with Crippen LogP contribution < -0.4 is 4.74 Å². The molecule has 1 fully saturated rings. The summed E-state index contributed by atoms with van der Waals surface area (Å²) in [5.74, 6) is 1.05. The zero-order valence-electron chi connectivity index (χ0n) is 17.9. The first kappa shape index (κ1) is 22.3. The van der Waals surface area contributed by atoms with Gasteiger partial charge in [0.15, 0.2) is 0 Å². The molecule has 1 saturated heterocycles. The van der Waals surface area contributed by atoms with Gasteiger partial charge in [-0.3, -0.25) is 0 Å². The summed E-state index contributed by atoms with van der Waals surface area (Å²) in [4.78, 5) is 0. The van der Waals surface area contributed by atoms with Crippen molar-refractivity contribution in [3.63, 3.8) is 0 Å². The standard InChI is InChI=1S/C25H42O2/c1-3-4-5-6-7-8-9-10-11-12-13-14-15-18-23-19-16-17-20-24(23)26-21-25(2)22-27-25/h16-17,19-20H,3-15,18,21-22H2,1-2H3. The van der Waals surface area contributed by atoms with Crippen LogP contribution in [0.15, 0.2) is 24.3 Å². The van der Waals surface area contributed by atoms with Crippen LogP contribution in [-0.4, -0.2) is 18.8 Å².